The molecule has 3 aliphatic heterocycles. The summed E-state index contributed by atoms with van der Waals surface area (Å²) in [6, 6.07) is -1.69. The van der Waals surface area contributed by atoms with E-state index in [4.69, 9.17) is 27.4 Å². The van der Waals surface area contributed by atoms with Crippen LogP contribution in [-0.4, -0.2) is 116 Å². The summed E-state index contributed by atoms with van der Waals surface area (Å²) in [5.41, 5.74) is 14.2. The second-order valence-electron chi connectivity index (χ2n) is 13.0. The fourth-order valence-corrected chi connectivity index (χ4v) is 4.95. The van der Waals surface area contributed by atoms with Crippen molar-refractivity contribution in [2.45, 2.75) is 126 Å². The van der Waals surface area contributed by atoms with Crippen LogP contribution in [0.4, 0.5) is 0 Å². The Morgan fingerprint density at radius 2 is 1.26 bits per heavy atom. The van der Waals surface area contributed by atoms with E-state index in [9.17, 15) is 60.9 Å². The molecule has 5 amide bonds. The number of carboxylic acids is 2. The molecule has 57 heavy (non-hydrogen) atoms. The normalized spacial score (nSPS) is 17.5. The van der Waals surface area contributed by atoms with Crippen molar-refractivity contribution in [3.05, 3.63) is 0 Å². The van der Waals surface area contributed by atoms with Gasteiger partial charge in [-0.3, -0.25) is 43.2 Å². The molecule has 0 bridgehead atoms. The quantitative estimate of drug-likeness (QED) is 0.0319. The Kier molecular flexibility index (Phi) is 21.7. The van der Waals surface area contributed by atoms with Gasteiger partial charge >= 0.3 is 47.5 Å². The zero-order valence-corrected chi connectivity index (χ0v) is 34.2. The van der Waals surface area contributed by atoms with Crippen molar-refractivity contribution in [3.63, 3.8) is 0 Å². The summed E-state index contributed by atoms with van der Waals surface area (Å²) in [6.07, 6.45) is -0.808. The van der Waals surface area contributed by atoms with E-state index in [1.165, 1.54) is 0 Å². The van der Waals surface area contributed by atoms with Crippen LogP contribution in [0, 0.1) is 0 Å². The third-order valence-corrected chi connectivity index (χ3v) is 8.87. The Labute approximate surface area is 347 Å². The first-order chi connectivity index (χ1) is 25.8. The predicted octanol–water partition coefficient (Wildman–Crippen LogP) is -4.77. The second-order valence-corrected chi connectivity index (χ2v) is 14.5. The smallest absolute Gasteiger partial charge is 0.747 e. The zero-order valence-electron chi connectivity index (χ0n) is 31.4. The minimum atomic E-state index is -4.96. The fourth-order valence-electron chi connectivity index (χ4n) is 4.26. The van der Waals surface area contributed by atoms with Gasteiger partial charge in [0.25, 0.3) is 11.8 Å². The van der Waals surface area contributed by atoms with Gasteiger partial charge in [-0.05, 0) is 26.7 Å². The number of Topliss-reactive ketones (excluding diaryl/α,β-unsaturated/α-hetero) is 2. The molecular weight excluding hydrogens is 797 g/mol. The molecule has 0 radical (unpaired) electrons. The van der Waals surface area contributed by atoms with Crippen molar-refractivity contribution in [1.82, 2.24) is 10.4 Å². The standard InChI is InChI=1S/C13H20N4O5.C9H11N3O7S.C8H14N2O4.Na/c1-13(16-17-13)7-6-11(20)15-8(2-4-10(14)19)9(18)3-5-12(21)22;1-9(10-11-9)3-2-7(14)19-12-6(13)4-5(8(12)15)20(16,17)18;9-5(1-3-7(10)12)6(11)2-4-8(13)14;/h8H,2-7H2,1H3,(H2,14,19)(H,15,20)(H,21,22);5H,2-4H2,1H3,(H,16,17,18);5H,1-4,9H2,(H2,10,12)(H,13,14);/q;;;+1/p-1. The number of carbonyl (C=O) groups excluding carboxylic acids is 8. The van der Waals surface area contributed by atoms with Crippen molar-refractivity contribution in [3.8, 4) is 0 Å². The molecule has 3 atom stereocenters. The second kappa shape index (κ2) is 23.6. The Morgan fingerprint density at radius 1 is 0.807 bits per heavy atom. The average molecular weight is 842 g/mol. The molecule has 3 heterocycles. The van der Waals surface area contributed by atoms with E-state index in [0.29, 0.717) is 6.42 Å². The minimum Gasteiger partial charge on any atom is -0.747 e. The number of imide groups is 1. The maximum atomic E-state index is 11.9. The number of hydrogen-bond donors (Lipinski definition) is 6. The SMILES string of the molecule is CC1(CCC(=O)NC(CCC(N)=O)C(=O)CCC(=O)O)N=N1.CC1(CCC(=O)ON2C(=O)CC(S(=O)(=O)[O-])C2=O)N=N1.NC(=O)CCC(N)C(=O)CCC(=O)O.[Na+]. The Bertz CT molecular complexity index is 1730. The molecule has 0 saturated carbocycles. The maximum absolute atomic E-state index is 11.9. The third kappa shape index (κ3) is 22.0. The summed E-state index contributed by atoms with van der Waals surface area (Å²) in [5, 5.41) is 32.3. The van der Waals surface area contributed by atoms with E-state index in [0.717, 1.165) is 0 Å². The number of nitrogens with zero attached hydrogens (tertiary/aromatic N) is 5. The summed E-state index contributed by atoms with van der Waals surface area (Å²) in [4.78, 5) is 116. The zero-order chi connectivity index (χ0) is 43.0. The number of aliphatic carboxylic acids is 2. The van der Waals surface area contributed by atoms with Gasteiger partial charge < -0.3 is 42.1 Å². The number of carbonyl (C=O) groups is 10. The first kappa shape index (κ1) is 52.4. The molecular formula is C30H44N9NaO16S. The maximum Gasteiger partial charge on any atom is 1.00 e. The number of primary amides is 2. The van der Waals surface area contributed by atoms with Crippen LogP contribution in [0.15, 0.2) is 20.5 Å². The van der Waals surface area contributed by atoms with Crippen LogP contribution in [0.2, 0.25) is 0 Å². The van der Waals surface area contributed by atoms with Gasteiger partial charge in [-0.1, -0.05) is 0 Å². The van der Waals surface area contributed by atoms with Crippen molar-refractivity contribution in [1.29, 1.82) is 0 Å². The molecule has 0 aromatic rings. The number of rotatable bonds is 23. The minimum absolute atomic E-state index is 0. The molecule has 0 aliphatic carbocycles. The van der Waals surface area contributed by atoms with E-state index in [1.54, 1.807) is 13.8 Å². The molecule has 1 fully saturated rings. The number of nitrogens with one attached hydrogen (secondary N) is 1. The molecule has 25 nitrogen and oxygen atoms in total. The number of carboxylic acid groups (broad SMARTS) is 2. The van der Waals surface area contributed by atoms with E-state index in [1.807, 2.05) is 0 Å². The van der Waals surface area contributed by atoms with Gasteiger partial charge in [0.2, 0.25) is 17.7 Å². The van der Waals surface area contributed by atoms with Gasteiger partial charge in [0.1, 0.15) is 21.2 Å². The van der Waals surface area contributed by atoms with Crippen LogP contribution >= 0.6 is 0 Å². The largest absolute Gasteiger partial charge is 1.00 e. The molecule has 3 unspecified atom stereocenters. The molecule has 9 N–H and O–H groups in total. The van der Waals surface area contributed by atoms with Crippen molar-refractivity contribution < 1.29 is 106 Å². The van der Waals surface area contributed by atoms with E-state index in [-0.39, 0.29) is 117 Å². The molecule has 3 rings (SSSR count). The molecule has 27 heteroatoms. The number of amides is 5. The van der Waals surface area contributed by atoms with Crippen molar-refractivity contribution in [2.75, 3.05) is 0 Å². The summed E-state index contributed by atoms with van der Waals surface area (Å²) in [5.74, 6) is -7.69. The van der Waals surface area contributed by atoms with Crippen LogP contribution in [-0.2, 0) is 62.9 Å². The van der Waals surface area contributed by atoms with Gasteiger partial charge in [-0.2, -0.15) is 20.5 Å². The average Bonchev–Trinajstić information content (AvgIpc) is 4.01. The molecule has 3 aliphatic rings. The molecule has 312 valence electrons. The topological polar surface area (TPSA) is 420 Å². The van der Waals surface area contributed by atoms with Crippen LogP contribution in [0.25, 0.3) is 0 Å². The molecule has 0 aromatic carbocycles. The van der Waals surface area contributed by atoms with Gasteiger partial charge in [0.15, 0.2) is 17.1 Å². The van der Waals surface area contributed by atoms with E-state index in [2.05, 4.69) is 30.6 Å². The Hall–Kier alpha value is -4.63. The molecule has 0 spiro atoms. The van der Waals surface area contributed by atoms with Gasteiger partial charge in [0.05, 0.1) is 37.8 Å². The number of hydrogen-bond acceptors (Lipinski definition) is 19. The third-order valence-electron chi connectivity index (χ3n) is 7.80. The molecule has 0 aromatic heterocycles. The number of nitrogens with two attached hydrogens (primary N) is 3. The van der Waals surface area contributed by atoms with Gasteiger partial charge in [-0.25, -0.2) is 13.2 Å². The van der Waals surface area contributed by atoms with E-state index < -0.39 is 92.5 Å². The van der Waals surface area contributed by atoms with E-state index >= 15 is 0 Å². The first-order valence-electron chi connectivity index (χ1n) is 16.8. The van der Waals surface area contributed by atoms with Gasteiger partial charge in [-0.15, -0.1) is 5.06 Å². The Morgan fingerprint density at radius 3 is 1.68 bits per heavy atom. The monoisotopic (exact) mass is 841 g/mol. The van der Waals surface area contributed by atoms with Gasteiger partial charge in [0, 0.05) is 44.9 Å². The first-order valence-corrected chi connectivity index (χ1v) is 18.3. The summed E-state index contributed by atoms with van der Waals surface area (Å²) in [6.45, 7) is 3.45. The Balaban J connectivity index is 0.000000839. The van der Waals surface area contributed by atoms with Crippen LogP contribution < -0.4 is 52.1 Å². The number of hydroxylamine groups is 2. The van der Waals surface area contributed by atoms with Crippen LogP contribution in [0.1, 0.15) is 97.3 Å². The summed E-state index contributed by atoms with van der Waals surface area (Å²) < 4.78 is 32.3. The predicted molar refractivity (Wildman–Crippen MR) is 182 cm³/mol. The van der Waals surface area contributed by atoms with Crippen molar-refractivity contribution in [2.24, 2.45) is 37.7 Å². The summed E-state index contributed by atoms with van der Waals surface area (Å²) >= 11 is 0. The number of ketones is 2. The van der Waals surface area contributed by atoms with Crippen LogP contribution in [0.3, 0.4) is 0 Å². The molecule has 1 saturated heterocycles. The van der Waals surface area contributed by atoms with Crippen molar-refractivity contribution >= 4 is 69.1 Å². The fraction of sp³-hybridized carbons (Fsp3) is 0.667. The summed E-state index contributed by atoms with van der Waals surface area (Å²) in [7, 11) is -4.96. The van der Waals surface area contributed by atoms with Crippen LogP contribution in [0.5, 0.6) is 0 Å².